The van der Waals surface area contributed by atoms with E-state index in [0.717, 1.165) is 0 Å². The molecule has 0 aliphatic carbocycles. The van der Waals surface area contributed by atoms with Gasteiger partial charge in [-0.1, -0.05) is 31.4 Å². The van der Waals surface area contributed by atoms with Crippen LogP contribution in [0.15, 0.2) is 11.0 Å². The molecule has 5 nitrogen and oxygen atoms in total. The molecular formula is C13H18ClN3O2. The molecule has 1 aromatic rings. The molecular weight excluding hydrogens is 266 g/mol. The number of rotatable bonds is 6. The van der Waals surface area contributed by atoms with Crippen LogP contribution in [0.3, 0.4) is 0 Å². The summed E-state index contributed by atoms with van der Waals surface area (Å²) in [5.74, 6) is 2.61. The summed E-state index contributed by atoms with van der Waals surface area (Å²) in [6.45, 7) is 4.14. The van der Waals surface area contributed by atoms with Gasteiger partial charge in [0.1, 0.15) is 12.2 Å². The molecule has 0 bridgehead atoms. The van der Waals surface area contributed by atoms with E-state index in [0.29, 0.717) is 6.42 Å². The highest BCUT2D eigenvalue weighted by Gasteiger charge is 2.17. The van der Waals surface area contributed by atoms with Crippen LogP contribution >= 0.6 is 11.6 Å². The summed E-state index contributed by atoms with van der Waals surface area (Å²) in [5, 5.41) is 16.2. The molecule has 19 heavy (non-hydrogen) atoms. The zero-order valence-electron chi connectivity index (χ0n) is 11.1. The first-order chi connectivity index (χ1) is 9.01. The van der Waals surface area contributed by atoms with Gasteiger partial charge in [0.15, 0.2) is 0 Å². The van der Waals surface area contributed by atoms with E-state index in [4.69, 9.17) is 23.1 Å². The summed E-state index contributed by atoms with van der Waals surface area (Å²) in [6, 6.07) is -0.0446. The fraction of sp³-hybridized carbons (Fsp3) is 0.538. The summed E-state index contributed by atoms with van der Waals surface area (Å²) < 4.78 is 1.17. The first kappa shape index (κ1) is 15.5. The molecule has 0 aromatic carbocycles. The van der Waals surface area contributed by atoms with Gasteiger partial charge in [-0.3, -0.25) is 4.79 Å². The number of hydrogen-bond donors (Lipinski definition) is 2. The van der Waals surface area contributed by atoms with Crippen LogP contribution in [0.4, 0.5) is 5.69 Å². The minimum atomic E-state index is -0.353. The van der Waals surface area contributed by atoms with Crippen molar-refractivity contribution in [2.75, 3.05) is 11.9 Å². The van der Waals surface area contributed by atoms with E-state index < -0.39 is 0 Å². The molecule has 6 heteroatoms. The average Bonchev–Trinajstić information content (AvgIpc) is 2.36. The van der Waals surface area contributed by atoms with Crippen molar-refractivity contribution < 1.29 is 5.11 Å². The molecule has 1 aromatic heterocycles. The number of nitrogens with zero attached hydrogens (tertiary/aromatic N) is 2. The summed E-state index contributed by atoms with van der Waals surface area (Å²) in [7, 11) is 0. The van der Waals surface area contributed by atoms with Crippen LogP contribution in [-0.2, 0) is 6.54 Å². The van der Waals surface area contributed by atoms with Crippen molar-refractivity contribution in [2.45, 2.75) is 32.9 Å². The number of aliphatic hydroxyl groups is 1. The predicted molar refractivity (Wildman–Crippen MR) is 76.3 cm³/mol. The Bertz CT molecular complexity index is 520. The Morgan fingerprint density at radius 1 is 1.63 bits per heavy atom. The molecule has 0 spiro atoms. The molecule has 0 radical (unpaired) electrons. The molecule has 0 fully saturated rings. The molecule has 1 unspecified atom stereocenters. The summed E-state index contributed by atoms with van der Waals surface area (Å²) >= 11 is 6.00. The molecule has 2 N–H and O–H groups in total. The van der Waals surface area contributed by atoms with Gasteiger partial charge >= 0.3 is 0 Å². The first-order valence-corrected chi connectivity index (χ1v) is 6.45. The fourth-order valence-electron chi connectivity index (χ4n) is 1.70. The van der Waals surface area contributed by atoms with E-state index in [1.807, 2.05) is 13.8 Å². The monoisotopic (exact) mass is 283 g/mol. The maximum atomic E-state index is 12.1. The molecule has 104 valence electrons. The van der Waals surface area contributed by atoms with Crippen LogP contribution in [0, 0.1) is 18.3 Å². The van der Waals surface area contributed by atoms with Gasteiger partial charge in [-0.2, -0.15) is 5.10 Å². The van der Waals surface area contributed by atoms with Crippen LogP contribution in [0.5, 0.6) is 0 Å². The van der Waals surface area contributed by atoms with Gasteiger partial charge in [-0.05, 0) is 12.3 Å². The summed E-state index contributed by atoms with van der Waals surface area (Å²) in [5.41, 5.74) is -0.0758. The molecule has 0 saturated carbocycles. The average molecular weight is 284 g/mol. The van der Waals surface area contributed by atoms with Crippen LogP contribution in [-0.4, -0.2) is 27.5 Å². The third-order valence-corrected chi connectivity index (χ3v) is 3.10. The Labute approximate surface area is 117 Å². The standard InChI is InChI=1S/C13H18ClN3O2/c1-4-6-17-13(19)12(10(14)8-15-17)16-11(5-7-18)9(2)3/h1,8-9,11,16,18H,5-7H2,2-3H3. The van der Waals surface area contributed by atoms with E-state index in [9.17, 15) is 4.79 Å². The second-order valence-corrected chi connectivity index (χ2v) is 4.95. The number of aromatic nitrogens is 2. The summed E-state index contributed by atoms with van der Waals surface area (Å²) in [6.07, 6.45) is 7.10. The molecule has 1 heterocycles. The Morgan fingerprint density at radius 2 is 2.32 bits per heavy atom. The van der Waals surface area contributed by atoms with Crippen molar-refractivity contribution in [1.29, 1.82) is 0 Å². The second kappa shape index (κ2) is 7.17. The Morgan fingerprint density at radius 3 is 2.84 bits per heavy atom. The number of aliphatic hydroxyl groups excluding tert-OH is 1. The fourth-order valence-corrected chi connectivity index (χ4v) is 1.87. The molecule has 1 atom stereocenters. The molecule has 0 aliphatic heterocycles. The van der Waals surface area contributed by atoms with Gasteiger partial charge in [0, 0.05) is 12.6 Å². The van der Waals surface area contributed by atoms with Crippen LogP contribution in [0.2, 0.25) is 5.02 Å². The number of nitrogens with one attached hydrogen (secondary N) is 1. The van der Waals surface area contributed by atoms with E-state index in [1.165, 1.54) is 10.9 Å². The Kier molecular flexibility index (Phi) is 5.87. The van der Waals surface area contributed by atoms with Crippen molar-refractivity contribution in [3.8, 4) is 12.3 Å². The molecule has 0 amide bonds. The molecule has 0 saturated heterocycles. The van der Waals surface area contributed by atoms with Crippen molar-refractivity contribution in [2.24, 2.45) is 5.92 Å². The minimum absolute atomic E-state index is 0.0388. The second-order valence-electron chi connectivity index (χ2n) is 4.54. The molecule has 0 aliphatic rings. The topological polar surface area (TPSA) is 67.2 Å². The van der Waals surface area contributed by atoms with Gasteiger partial charge in [-0.25, -0.2) is 4.68 Å². The van der Waals surface area contributed by atoms with Crippen molar-refractivity contribution >= 4 is 17.3 Å². The zero-order chi connectivity index (χ0) is 14.4. The van der Waals surface area contributed by atoms with E-state index in [1.54, 1.807) is 0 Å². The number of hydrogen-bond acceptors (Lipinski definition) is 4. The van der Waals surface area contributed by atoms with Crippen LogP contribution < -0.4 is 10.9 Å². The van der Waals surface area contributed by atoms with Gasteiger partial charge in [-0.15, -0.1) is 6.42 Å². The Balaban J connectivity index is 3.09. The SMILES string of the molecule is C#CCn1ncc(Cl)c(NC(CCO)C(C)C)c1=O. The van der Waals surface area contributed by atoms with Gasteiger partial charge in [0.2, 0.25) is 0 Å². The van der Waals surface area contributed by atoms with Gasteiger partial charge in [0.25, 0.3) is 5.56 Å². The lowest BCUT2D eigenvalue weighted by Crippen LogP contribution is -2.33. The lowest BCUT2D eigenvalue weighted by Gasteiger charge is -2.23. The predicted octanol–water partition coefficient (Wildman–Crippen LogP) is 1.35. The third-order valence-electron chi connectivity index (χ3n) is 2.81. The Hall–Kier alpha value is -1.51. The van der Waals surface area contributed by atoms with Crippen LogP contribution in [0.25, 0.3) is 0 Å². The minimum Gasteiger partial charge on any atom is -0.396 e. The van der Waals surface area contributed by atoms with Crippen molar-refractivity contribution in [3.05, 3.63) is 21.6 Å². The zero-order valence-corrected chi connectivity index (χ0v) is 11.8. The quantitative estimate of drug-likeness (QED) is 0.774. The first-order valence-electron chi connectivity index (χ1n) is 6.07. The lowest BCUT2D eigenvalue weighted by molar-refractivity contribution is 0.267. The summed E-state index contributed by atoms with van der Waals surface area (Å²) in [4.78, 5) is 12.1. The van der Waals surface area contributed by atoms with E-state index >= 15 is 0 Å². The molecule has 1 rings (SSSR count). The largest absolute Gasteiger partial charge is 0.396 e. The highest BCUT2D eigenvalue weighted by Crippen LogP contribution is 2.19. The number of anilines is 1. The third kappa shape index (κ3) is 3.98. The maximum absolute atomic E-state index is 12.1. The van der Waals surface area contributed by atoms with Crippen molar-refractivity contribution in [1.82, 2.24) is 9.78 Å². The maximum Gasteiger partial charge on any atom is 0.292 e. The number of halogens is 1. The smallest absolute Gasteiger partial charge is 0.292 e. The highest BCUT2D eigenvalue weighted by molar-refractivity contribution is 6.33. The van der Waals surface area contributed by atoms with Gasteiger partial charge < -0.3 is 10.4 Å². The van der Waals surface area contributed by atoms with Crippen molar-refractivity contribution in [3.63, 3.8) is 0 Å². The van der Waals surface area contributed by atoms with E-state index in [-0.39, 0.29) is 41.4 Å². The highest BCUT2D eigenvalue weighted by atomic mass is 35.5. The van der Waals surface area contributed by atoms with Crippen LogP contribution in [0.1, 0.15) is 20.3 Å². The van der Waals surface area contributed by atoms with E-state index in [2.05, 4.69) is 16.3 Å². The lowest BCUT2D eigenvalue weighted by atomic mass is 10.0. The number of terminal acetylenes is 1. The normalized spacial score (nSPS) is 12.2. The van der Waals surface area contributed by atoms with Gasteiger partial charge in [0.05, 0.1) is 11.2 Å².